The number of hydrogen-bond acceptors (Lipinski definition) is 9. The maximum atomic E-state index is 13.5. The van der Waals surface area contributed by atoms with E-state index in [1.165, 1.54) is 19.2 Å². The summed E-state index contributed by atoms with van der Waals surface area (Å²) < 4.78 is 49.1. The van der Waals surface area contributed by atoms with Gasteiger partial charge < -0.3 is 10.1 Å². The smallest absolute Gasteiger partial charge is 0.418 e. The molecule has 1 fully saturated rings. The summed E-state index contributed by atoms with van der Waals surface area (Å²) in [5, 5.41) is 2.70. The van der Waals surface area contributed by atoms with Gasteiger partial charge in [-0.3, -0.25) is 13.9 Å². The van der Waals surface area contributed by atoms with Gasteiger partial charge in [-0.1, -0.05) is 31.2 Å². The van der Waals surface area contributed by atoms with Crippen LogP contribution in [0.15, 0.2) is 52.4 Å². The van der Waals surface area contributed by atoms with E-state index >= 15 is 0 Å². The van der Waals surface area contributed by atoms with E-state index < -0.39 is 51.6 Å². The van der Waals surface area contributed by atoms with E-state index in [2.05, 4.69) is 10.3 Å². The van der Waals surface area contributed by atoms with Crippen molar-refractivity contribution in [3.05, 3.63) is 53.6 Å². The summed E-state index contributed by atoms with van der Waals surface area (Å²) in [4.78, 5) is 44.3. The second-order valence-electron chi connectivity index (χ2n) is 8.18. The van der Waals surface area contributed by atoms with Gasteiger partial charge in [0.05, 0.1) is 5.69 Å². The van der Waals surface area contributed by atoms with Crippen molar-refractivity contribution < 1.29 is 36.0 Å². The summed E-state index contributed by atoms with van der Waals surface area (Å²) in [6.45, 7) is 5.19. The van der Waals surface area contributed by atoms with Crippen LogP contribution in [0, 0.1) is 13.8 Å². The van der Waals surface area contributed by atoms with Crippen molar-refractivity contribution >= 4 is 56.7 Å². The Balaban J connectivity index is 0.00000121. The maximum Gasteiger partial charge on any atom is 0.418 e. The third-order valence-electron chi connectivity index (χ3n) is 5.79. The summed E-state index contributed by atoms with van der Waals surface area (Å²) in [6.07, 6.45) is -1.90. The number of cyclic esters (lactones) is 1. The molecule has 2 aliphatic rings. The van der Waals surface area contributed by atoms with E-state index in [4.69, 9.17) is 13.2 Å². The van der Waals surface area contributed by atoms with Crippen LogP contribution >= 0.6 is 0 Å². The normalized spacial score (nSPS) is 18.6. The van der Waals surface area contributed by atoms with Crippen LogP contribution in [0.1, 0.15) is 24.5 Å². The molecule has 3 amide bonds. The van der Waals surface area contributed by atoms with Gasteiger partial charge >= 0.3 is 17.7 Å². The Labute approximate surface area is 217 Å². The number of fused-ring (bicyclic) bond motifs is 1. The third-order valence-corrected chi connectivity index (χ3v) is 7.58. The number of ether oxygens (including phenoxy) is 1. The molecule has 14 heteroatoms. The van der Waals surface area contributed by atoms with Crippen LogP contribution in [0.25, 0.3) is 0 Å². The first-order valence-electron chi connectivity index (χ1n) is 11.0. The van der Waals surface area contributed by atoms with E-state index in [0.717, 1.165) is 9.87 Å². The van der Waals surface area contributed by atoms with Crippen LogP contribution in [0.2, 0.25) is 0 Å². The van der Waals surface area contributed by atoms with Gasteiger partial charge in [-0.25, -0.2) is 23.1 Å². The van der Waals surface area contributed by atoms with E-state index in [0.29, 0.717) is 16.2 Å². The molecule has 12 nitrogen and oxygen atoms in total. The summed E-state index contributed by atoms with van der Waals surface area (Å²) in [6, 6.07) is 9.95. The van der Waals surface area contributed by atoms with Crippen molar-refractivity contribution in [2.24, 2.45) is 4.99 Å². The number of aliphatic imine (C=N–C) groups is 1. The maximum absolute atomic E-state index is 13.5. The van der Waals surface area contributed by atoms with Gasteiger partial charge in [0, 0.05) is 12.7 Å². The van der Waals surface area contributed by atoms with Crippen LogP contribution in [0.3, 0.4) is 0 Å². The molecule has 0 aromatic heterocycles. The summed E-state index contributed by atoms with van der Waals surface area (Å²) in [5.74, 6) is -1.82. The number of hydrogen-bond donors (Lipinski definition) is 1. The Kier molecular flexibility index (Phi) is 8.23. The molecule has 0 aliphatic carbocycles. The number of anilines is 1. The first-order valence-corrected chi connectivity index (χ1v) is 13.1. The molecule has 2 aromatic carbocycles. The van der Waals surface area contributed by atoms with Crippen molar-refractivity contribution in [2.75, 3.05) is 12.4 Å². The SMILES string of the molecule is CCC1OC(=O)N(C(C(=O)Nc2ccccc2C)C2=Nc3ccc(C)cc3S(=O)(=O)N2C)C1=O.O=S=O. The lowest BCUT2D eigenvalue weighted by Gasteiger charge is -2.33. The summed E-state index contributed by atoms with van der Waals surface area (Å²) in [5.41, 5.74) is 2.01. The lowest BCUT2D eigenvalue weighted by molar-refractivity contribution is -0.133. The van der Waals surface area contributed by atoms with Gasteiger partial charge in [0.15, 0.2) is 18.0 Å². The summed E-state index contributed by atoms with van der Waals surface area (Å²) in [7, 11) is -2.87. The number of sulfonamides is 1. The van der Waals surface area contributed by atoms with Crippen molar-refractivity contribution in [3.8, 4) is 0 Å². The van der Waals surface area contributed by atoms with Crippen molar-refractivity contribution in [1.82, 2.24) is 9.21 Å². The highest BCUT2D eigenvalue weighted by Crippen LogP contribution is 2.34. The van der Waals surface area contributed by atoms with Gasteiger partial charge in [-0.2, -0.15) is 8.42 Å². The Morgan fingerprint density at radius 1 is 1.16 bits per heavy atom. The van der Waals surface area contributed by atoms with Crippen molar-refractivity contribution in [2.45, 2.75) is 44.2 Å². The molecule has 2 aliphatic heterocycles. The molecule has 4 rings (SSSR count). The number of likely N-dealkylation sites (N-methyl/N-ethyl adjacent to an activating group) is 1. The molecule has 37 heavy (non-hydrogen) atoms. The fourth-order valence-electron chi connectivity index (χ4n) is 3.85. The first kappa shape index (κ1) is 27.7. The number of para-hydroxylation sites is 1. The van der Waals surface area contributed by atoms with Crippen molar-refractivity contribution in [3.63, 3.8) is 0 Å². The molecule has 2 aromatic rings. The molecule has 1 N–H and O–H groups in total. The number of rotatable bonds is 5. The molecule has 2 atom stereocenters. The zero-order chi connectivity index (χ0) is 27.5. The minimum Gasteiger partial charge on any atom is -0.436 e. The lowest BCUT2D eigenvalue weighted by atomic mass is 10.1. The predicted molar refractivity (Wildman–Crippen MR) is 133 cm³/mol. The number of nitrogens with one attached hydrogen (secondary N) is 1. The van der Waals surface area contributed by atoms with Gasteiger partial charge in [0.2, 0.25) is 0 Å². The second-order valence-corrected chi connectivity index (χ2v) is 10.3. The van der Waals surface area contributed by atoms with E-state index in [1.54, 1.807) is 51.1 Å². The number of amides is 3. The fourth-order valence-corrected chi connectivity index (χ4v) is 5.24. The Bertz CT molecular complexity index is 1430. The van der Waals surface area contributed by atoms with Crippen LogP contribution in [0.5, 0.6) is 0 Å². The van der Waals surface area contributed by atoms with Crippen LogP contribution in [-0.2, 0) is 35.9 Å². The highest BCUT2D eigenvalue weighted by molar-refractivity contribution is 7.90. The van der Waals surface area contributed by atoms with E-state index in [-0.39, 0.29) is 22.8 Å². The second kappa shape index (κ2) is 11.0. The van der Waals surface area contributed by atoms with Gasteiger partial charge in [-0.05, 0) is 49.6 Å². The zero-order valence-electron chi connectivity index (χ0n) is 20.3. The minimum absolute atomic E-state index is 0.0291. The number of amidine groups is 1. The molecule has 0 radical (unpaired) electrons. The Morgan fingerprint density at radius 3 is 2.41 bits per heavy atom. The molecule has 196 valence electrons. The number of carbonyl (C=O) groups is 3. The number of carbonyl (C=O) groups excluding carboxylic acids is 3. The number of benzene rings is 2. The molecule has 2 unspecified atom stereocenters. The van der Waals surface area contributed by atoms with Crippen LogP contribution in [-0.4, -0.2) is 69.0 Å². The average molecular weight is 549 g/mol. The molecule has 2 heterocycles. The third kappa shape index (κ3) is 5.29. The molecular weight excluding hydrogens is 524 g/mol. The number of imide groups is 1. The summed E-state index contributed by atoms with van der Waals surface area (Å²) >= 11 is -0.750. The monoisotopic (exact) mass is 548 g/mol. The van der Waals surface area contributed by atoms with Gasteiger partial charge in [-0.15, -0.1) is 0 Å². The zero-order valence-corrected chi connectivity index (χ0v) is 22.0. The molecule has 0 spiro atoms. The molecule has 0 bridgehead atoms. The van der Waals surface area contributed by atoms with Crippen LogP contribution < -0.4 is 5.32 Å². The first-order chi connectivity index (χ1) is 17.5. The molecule has 0 saturated carbocycles. The number of aryl methyl sites for hydroxylation is 2. The van der Waals surface area contributed by atoms with Crippen LogP contribution in [0.4, 0.5) is 16.2 Å². The standard InChI is InChI=1S/C23H24N4O6S.O2S/c1-5-17-22(29)27(23(30)33-17)19(21(28)25-15-9-7-6-8-14(15)3)20-24-16-11-10-13(2)12-18(16)34(31,32)26(20)4;1-3-2/h6-12,17,19H,5H2,1-4H3,(H,25,28);. The van der Waals surface area contributed by atoms with Gasteiger partial charge in [0.1, 0.15) is 4.90 Å². The fraction of sp³-hybridized carbons (Fsp3) is 0.304. The highest BCUT2D eigenvalue weighted by Gasteiger charge is 2.51. The largest absolute Gasteiger partial charge is 0.436 e. The average Bonchev–Trinajstić information content (AvgIpc) is 3.13. The molecule has 1 saturated heterocycles. The number of nitrogens with zero attached hydrogens (tertiary/aromatic N) is 3. The van der Waals surface area contributed by atoms with Crippen molar-refractivity contribution in [1.29, 1.82) is 0 Å². The minimum atomic E-state index is -4.10. The Hall–Kier alpha value is -3.91. The Morgan fingerprint density at radius 2 is 1.81 bits per heavy atom. The predicted octanol–water partition coefficient (Wildman–Crippen LogP) is 2.06. The van der Waals surface area contributed by atoms with Gasteiger partial charge in [0.25, 0.3) is 21.8 Å². The topological polar surface area (TPSA) is 160 Å². The van der Waals surface area contributed by atoms with E-state index in [1.807, 2.05) is 0 Å². The van der Waals surface area contributed by atoms with E-state index in [9.17, 15) is 22.8 Å². The highest BCUT2D eigenvalue weighted by atomic mass is 32.2. The quantitative estimate of drug-likeness (QED) is 0.594. The lowest BCUT2D eigenvalue weighted by Crippen LogP contribution is -2.57. The molecular formula is C23H24N4O8S2.